The molecule has 2 fully saturated rings. The minimum atomic E-state index is -0.500. The van der Waals surface area contributed by atoms with Crippen molar-refractivity contribution in [3.63, 3.8) is 0 Å². The number of aromatic hydroxyl groups is 3. The van der Waals surface area contributed by atoms with Gasteiger partial charge in [-0.05, 0) is 176 Å². The van der Waals surface area contributed by atoms with Crippen molar-refractivity contribution in [2.75, 3.05) is 92.2 Å². The first-order valence-electron chi connectivity index (χ1n) is 40.1. The zero-order valence-corrected chi connectivity index (χ0v) is 67.2. The summed E-state index contributed by atoms with van der Waals surface area (Å²) in [6.07, 6.45) is 7.63. The van der Waals surface area contributed by atoms with Crippen LogP contribution in [0.25, 0.3) is 32.7 Å². The fourth-order valence-corrected chi connectivity index (χ4v) is 16.3. The molecule has 0 unspecified atom stereocenters. The van der Waals surface area contributed by atoms with Gasteiger partial charge in [0.25, 0.3) is 0 Å². The molecule has 0 bridgehead atoms. The standard InChI is InChI=1S/C32H33N5O4.C32H32N4O4.C30H24FN5O4/c1-35-12-14-36(15-13-35)20-28(38)37-18-23-8-10-25(16-24(23)19-37)33-30(21-6-4-3-5-7-21)29-26-11-9-22(32(40)41-2)17-27(26)34-31(29)39;1-40-32(39)22-11-13-26-27(17-22)34-31(38)29(26)30(21-8-4-2-5-9-21)33-25-12-10-23-18-36(19-24(23)16-25)28(37)20-35-14-6-3-7-15-35;1-40-30(39)20-5-9-23-24(16-20)34-29(38)27(23)28(18-3-6-21(31)7-4-18)33-22-8-10-25-19(15-22)11-14-36(25)26(37)17-35-13-2-12-32-35/h3-11,16-17,34,39H,12-15,18-20H2,1-2H3;2,4-5,8-13,16-17,34,38H,3,6-7,14-15,18-20H2,1H3;2-10,12-13,15-16,34,38H,11,14,17H2,1H3. The van der Waals surface area contributed by atoms with E-state index in [2.05, 4.69) is 41.8 Å². The Morgan fingerprint density at radius 2 is 0.818 bits per heavy atom. The fraction of sp³-hybridized carbons (Fsp3) is 0.234. The molecule has 5 aliphatic heterocycles. The van der Waals surface area contributed by atoms with Gasteiger partial charge >= 0.3 is 17.9 Å². The van der Waals surface area contributed by atoms with Gasteiger partial charge in [0, 0.05) is 126 Å². The van der Waals surface area contributed by atoms with Gasteiger partial charge in [-0.15, -0.1) is 0 Å². The molecule has 121 heavy (non-hydrogen) atoms. The maximum Gasteiger partial charge on any atom is 0.337 e. The number of ether oxygens (including phenoxy) is 3. The number of likely N-dealkylation sites (tertiary alicyclic amines) is 1. The van der Waals surface area contributed by atoms with Crippen molar-refractivity contribution in [3.05, 3.63) is 296 Å². The van der Waals surface area contributed by atoms with E-state index in [9.17, 15) is 48.5 Å². The molecular formula is C94H89FN14O12. The third kappa shape index (κ3) is 17.7. The first-order valence-corrected chi connectivity index (χ1v) is 40.1. The summed E-state index contributed by atoms with van der Waals surface area (Å²) in [7, 11) is 6.09. The van der Waals surface area contributed by atoms with Crippen LogP contribution in [0.5, 0.6) is 17.6 Å². The summed E-state index contributed by atoms with van der Waals surface area (Å²) in [5.74, 6) is -1.74. The number of anilines is 1. The number of aliphatic imine (C=N–C) groups is 3. The molecule has 9 heterocycles. The van der Waals surface area contributed by atoms with E-state index in [1.165, 1.54) is 39.9 Å². The lowest BCUT2D eigenvalue weighted by Crippen LogP contribution is -2.48. The average molecular weight is 1630 g/mol. The monoisotopic (exact) mass is 1620 g/mol. The number of likely N-dealkylation sites (N-methyl/N-ethyl adjacent to an activating group) is 1. The van der Waals surface area contributed by atoms with Crippen LogP contribution < -0.4 is 4.90 Å². The first kappa shape index (κ1) is 80.6. The van der Waals surface area contributed by atoms with Gasteiger partial charge in [0.2, 0.25) is 17.7 Å². The number of nitrogens with zero attached hydrogens (tertiary/aromatic N) is 11. The molecule has 5 aliphatic rings. The van der Waals surface area contributed by atoms with Gasteiger partial charge < -0.3 is 64.1 Å². The number of H-pyrrole nitrogens is 3. The molecule has 0 atom stereocenters. The Kier molecular flexibility index (Phi) is 23.7. The third-order valence-electron chi connectivity index (χ3n) is 22.7. The number of piperazine rings is 1. The number of fused-ring (bicyclic) bond motifs is 6. The Balaban J connectivity index is 0.000000135. The van der Waals surface area contributed by atoms with Gasteiger partial charge in [0.15, 0.2) is 17.6 Å². The number of nitrogens with one attached hydrogen (secondary N) is 3. The molecule has 0 radical (unpaired) electrons. The number of carbonyl (C=O) groups is 6. The zero-order chi connectivity index (χ0) is 84.0. The number of amides is 3. The number of aromatic nitrogens is 5. The van der Waals surface area contributed by atoms with Gasteiger partial charge in [-0.1, -0.05) is 97.4 Å². The maximum absolute atomic E-state index is 13.8. The fourth-order valence-electron chi connectivity index (χ4n) is 16.3. The highest BCUT2D eigenvalue weighted by Gasteiger charge is 2.32. The van der Waals surface area contributed by atoms with Crippen LogP contribution in [0, 0.1) is 5.82 Å². The van der Waals surface area contributed by atoms with Crippen molar-refractivity contribution >= 4 is 108 Å². The molecular weight excluding hydrogens is 1540 g/mol. The van der Waals surface area contributed by atoms with E-state index in [1.807, 2.05) is 125 Å². The highest BCUT2D eigenvalue weighted by Crippen LogP contribution is 2.40. The number of hydrogen-bond acceptors (Lipinski definition) is 19. The molecule has 27 heteroatoms. The van der Waals surface area contributed by atoms with Crippen LogP contribution in [-0.4, -0.2) is 205 Å². The van der Waals surface area contributed by atoms with E-state index in [0.717, 1.165) is 119 Å². The molecule has 6 N–H and O–H groups in total. The summed E-state index contributed by atoms with van der Waals surface area (Å²) >= 11 is 0. The second-order valence-electron chi connectivity index (χ2n) is 30.6. The number of methoxy groups -OCH3 is 3. The molecule has 3 amide bonds. The van der Waals surface area contributed by atoms with E-state index in [4.69, 9.17) is 29.2 Å². The molecule has 614 valence electrons. The summed E-state index contributed by atoms with van der Waals surface area (Å²) in [6, 6.07) is 59.9. The molecule has 26 nitrogen and oxygen atoms in total. The quantitative estimate of drug-likeness (QED) is 0.0264. The number of carbonyl (C=O) groups excluding carboxylic acids is 6. The zero-order valence-electron chi connectivity index (χ0n) is 67.2. The van der Waals surface area contributed by atoms with E-state index < -0.39 is 23.7 Å². The number of hydrogen-bond donors (Lipinski definition) is 6. The first-order chi connectivity index (χ1) is 58.8. The second-order valence-corrected chi connectivity index (χ2v) is 30.6. The molecule has 2 saturated heterocycles. The lowest BCUT2D eigenvalue weighted by molar-refractivity contribution is -0.134. The van der Waals surface area contributed by atoms with Crippen LogP contribution in [0.15, 0.2) is 228 Å². The predicted octanol–water partition coefficient (Wildman–Crippen LogP) is 13.8. The van der Waals surface area contributed by atoms with E-state index in [1.54, 1.807) is 94.8 Å². The number of esters is 3. The predicted molar refractivity (Wildman–Crippen MR) is 459 cm³/mol. The van der Waals surface area contributed by atoms with Crippen LogP contribution in [-0.2, 0) is 67.7 Å². The van der Waals surface area contributed by atoms with Gasteiger partial charge in [0.05, 0.1) is 102 Å². The van der Waals surface area contributed by atoms with Crippen molar-refractivity contribution in [2.45, 2.75) is 58.4 Å². The van der Waals surface area contributed by atoms with Gasteiger partial charge in [-0.3, -0.25) is 28.9 Å². The van der Waals surface area contributed by atoms with Crippen molar-refractivity contribution in [2.24, 2.45) is 15.0 Å². The van der Waals surface area contributed by atoms with Gasteiger partial charge in [-0.25, -0.2) is 33.8 Å². The second kappa shape index (κ2) is 35.6. The van der Waals surface area contributed by atoms with E-state index in [-0.39, 0.29) is 41.9 Å². The molecule has 18 rings (SSSR count). The minimum Gasteiger partial charge on any atom is -0.494 e. The van der Waals surface area contributed by atoms with Gasteiger partial charge in [0.1, 0.15) is 12.4 Å². The molecule has 9 aromatic carbocycles. The van der Waals surface area contributed by atoms with Crippen LogP contribution in [0.1, 0.15) is 112 Å². The van der Waals surface area contributed by atoms with Crippen molar-refractivity contribution < 1.29 is 62.7 Å². The molecule has 0 aliphatic carbocycles. The van der Waals surface area contributed by atoms with Crippen molar-refractivity contribution in [1.29, 1.82) is 0 Å². The molecule has 0 spiro atoms. The van der Waals surface area contributed by atoms with Crippen LogP contribution in [0.3, 0.4) is 0 Å². The largest absolute Gasteiger partial charge is 0.494 e. The Morgan fingerprint density at radius 3 is 1.25 bits per heavy atom. The molecule has 13 aromatic rings. The Labute approximate surface area is 696 Å². The highest BCUT2D eigenvalue weighted by atomic mass is 19.1. The summed E-state index contributed by atoms with van der Waals surface area (Å²) < 4.78 is 29.9. The Morgan fingerprint density at radius 1 is 0.413 bits per heavy atom. The van der Waals surface area contributed by atoms with Crippen molar-refractivity contribution in [3.8, 4) is 17.6 Å². The lowest BCUT2D eigenvalue weighted by atomic mass is 10.00. The average Bonchev–Trinajstić information content (AvgIpc) is 1.62. The summed E-state index contributed by atoms with van der Waals surface area (Å²) in [5, 5.41) is 39.2. The van der Waals surface area contributed by atoms with Crippen molar-refractivity contribution in [1.82, 2.24) is 49.2 Å². The number of halogens is 1. The SMILES string of the molecule is COC(=O)c1ccc2c(C(=Nc3ccc4c(c3)CCN4C(=O)Cn3cccn3)c3ccc(F)cc3)c(O)[nH]c2c1.COC(=O)c1ccc2c(C(=Nc3ccc4c(c3)CN(C(=O)CN3CCCCC3)C4)c3ccccc3)c(O)[nH]c2c1.COC(=O)c1ccc2c(C(=Nc3ccc4c(c3)CN(C(=O)CN3CCN(C)CC3)C4)c3ccccc3)c(O)[nH]c2c1. The molecule has 0 saturated carbocycles. The van der Waals surface area contributed by atoms with E-state index in [0.29, 0.717) is 136 Å². The highest BCUT2D eigenvalue weighted by molar-refractivity contribution is 6.24. The minimum absolute atomic E-state index is 0.0322. The maximum atomic E-state index is 13.8. The number of aromatic amines is 3. The number of piperidine rings is 1. The summed E-state index contributed by atoms with van der Waals surface area (Å²) in [4.78, 5) is 111. The number of benzene rings is 9. The van der Waals surface area contributed by atoms with Crippen LogP contribution in [0.2, 0.25) is 0 Å². The Bertz CT molecular complexity index is 6200. The normalized spacial score (nSPS) is 15.0. The van der Waals surface area contributed by atoms with E-state index >= 15 is 0 Å². The lowest BCUT2D eigenvalue weighted by Gasteiger charge is -2.32. The summed E-state index contributed by atoms with van der Waals surface area (Å²) in [6.45, 7) is 9.76. The van der Waals surface area contributed by atoms with Gasteiger partial charge in [-0.2, -0.15) is 5.10 Å². The summed E-state index contributed by atoms with van der Waals surface area (Å²) in [5.41, 5.74) is 16.5. The van der Waals surface area contributed by atoms with Crippen LogP contribution >= 0.6 is 0 Å². The Hall–Kier alpha value is -14.2. The third-order valence-corrected chi connectivity index (χ3v) is 22.7. The smallest absolute Gasteiger partial charge is 0.337 e. The molecule has 4 aromatic heterocycles. The van der Waals surface area contributed by atoms with Crippen LogP contribution in [0.4, 0.5) is 27.1 Å². The topological polar surface area (TPSA) is 313 Å². The number of rotatable bonds is 18.